The molecular formula is C17H20FN3O2. The number of ether oxygens (including phenoxy) is 1. The molecule has 1 aromatic carbocycles. The van der Waals surface area contributed by atoms with Crippen LogP contribution in [0.25, 0.3) is 10.9 Å². The zero-order valence-corrected chi connectivity index (χ0v) is 13.3. The van der Waals surface area contributed by atoms with Crippen LogP contribution in [0.1, 0.15) is 12.6 Å². The Kier molecular flexibility index (Phi) is 4.43. The summed E-state index contributed by atoms with van der Waals surface area (Å²) in [5.41, 5.74) is 1.75. The minimum absolute atomic E-state index is 0.0207. The Balaban J connectivity index is 1.86. The molecule has 1 aliphatic rings. The Labute approximate surface area is 134 Å². The van der Waals surface area contributed by atoms with Crippen LogP contribution in [0.2, 0.25) is 0 Å². The molecule has 1 unspecified atom stereocenters. The molecule has 1 aromatic heterocycles. The number of aryl methyl sites for hydroxylation is 1. The van der Waals surface area contributed by atoms with E-state index in [9.17, 15) is 9.18 Å². The van der Waals surface area contributed by atoms with Crippen molar-refractivity contribution in [1.82, 2.24) is 9.88 Å². The molecule has 1 aliphatic heterocycles. The number of morpholine rings is 1. The number of fused-ring (bicyclic) bond motifs is 1. The first-order valence-corrected chi connectivity index (χ1v) is 7.75. The lowest BCUT2D eigenvalue weighted by Gasteiger charge is -2.30. The SMILES string of the molecule is Cc1cc(NC(C)C(=O)N2CCOCC2)c2cccc(F)c2n1. The van der Waals surface area contributed by atoms with Crippen molar-refractivity contribution in [1.29, 1.82) is 0 Å². The summed E-state index contributed by atoms with van der Waals surface area (Å²) in [5, 5.41) is 3.89. The van der Waals surface area contributed by atoms with Gasteiger partial charge in [-0.15, -0.1) is 0 Å². The van der Waals surface area contributed by atoms with Crippen molar-refractivity contribution in [3.05, 3.63) is 35.8 Å². The molecule has 0 aliphatic carbocycles. The Hall–Kier alpha value is -2.21. The van der Waals surface area contributed by atoms with Gasteiger partial charge in [0, 0.05) is 29.9 Å². The zero-order chi connectivity index (χ0) is 16.4. The molecule has 5 nitrogen and oxygen atoms in total. The Morgan fingerprint density at radius 1 is 1.39 bits per heavy atom. The van der Waals surface area contributed by atoms with Gasteiger partial charge in [0.2, 0.25) is 5.91 Å². The number of hydrogen-bond donors (Lipinski definition) is 1. The number of hydrogen-bond acceptors (Lipinski definition) is 4. The number of para-hydroxylation sites is 1. The fraction of sp³-hybridized carbons (Fsp3) is 0.412. The molecule has 0 radical (unpaired) electrons. The summed E-state index contributed by atoms with van der Waals surface area (Å²) in [6.07, 6.45) is 0. The molecule has 1 saturated heterocycles. The molecule has 3 rings (SSSR count). The monoisotopic (exact) mass is 317 g/mol. The van der Waals surface area contributed by atoms with Crippen molar-refractivity contribution >= 4 is 22.5 Å². The number of aromatic nitrogens is 1. The molecule has 1 amide bonds. The van der Waals surface area contributed by atoms with Crippen LogP contribution >= 0.6 is 0 Å². The maximum Gasteiger partial charge on any atom is 0.244 e. The minimum atomic E-state index is -0.402. The summed E-state index contributed by atoms with van der Waals surface area (Å²) in [6.45, 7) is 5.98. The second-order valence-electron chi connectivity index (χ2n) is 5.75. The number of nitrogens with zero attached hydrogens (tertiary/aromatic N) is 2. The zero-order valence-electron chi connectivity index (χ0n) is 13.3. The molecule has 0 spiro atoms. The molecule has 1 atom stereocenters. The molecule has 2 heterocycles. The molecule has 0 saturated carbocycles. The van der Waals surface area contributed by atoms with E-state index >= 15 is 0 Å². The van der Waals surface area contributed by atoms with Gasteiger partial charge in [-0.2, -0.15) is 0 Å². The van der Waals surface area contributed by atoms with Crippen LogP contribution in [-0.2, 0) is 9.53 Å². The average Bonchev–Trinajstić information content (AvgIpc) is 2.56. The van der Waals surface area contributed by atoms with Gasteiger partial charge >= 0.3 is 0 Å². The first-order chi connectivity index (χ1) is 11.1. The van der Waals surface area contributed by atoms with Crippen molar-refractivity contribution in [2.75, 3.05) is 31.6 Å². The first kappa shape index (κ1) is 15.7. The number of anilines is 1. The highest BCUT2D eigenvalue weighted by Gasteiger charge is 2.23. The van der Waals surface area contributed by atoms with E-state index in [1.54, 1.807) is 17.0 Å². The van der Waals surface area contributed by atoms with E-state index < -0.39 is 6.04 Å². The van der Waals surface area contributed by atoms with Gasteiger partial charge in [-0.1, -0.05) is 12.1 Å². The summed E-state index contributed by atoms with van der Waals surface area (Å²) >= 11 is 0. The van der Waals surface area contributed by atoms with Gasteiger partial charge in [-0.3, -0.25) is 4.79 Å². The van der Waals surface area contributed by atoms with Crippen LogP contribution < -0.4 is 5.32 Å². The lowest BCUT2D eigenvalue weighted by molar-refractivity contribution is -0.135. The normalized spacial score (nSPS) is 16.4. The van der Waals surface area contributed by atoms with Gasteiger partial charge in [-0.25, -0.2) is 9.37 Å². The van der Waals surface area contributed by atoms with E-state index in [1.807, 2.05) is 19.9 Å². The van der Waals surface area contributed by atoms with E-state index in [0.717, 1.165) is 5.69 Å². The Bertz CT molecular complexity index is 729. The molecule has 122 valence electrons. The van der Waals surface area contributed by atoms with Gasteiger partial charge < -0.3 is 15.0 Å². The predicted molar refractivity (Wildman–Crippen MR) is 86.9 cm³/mol. The van der Waals surface area contributed by atoms with Crippen molar-refractivity contribution in [3.63, 3.8) is 0 Å². The fourth-order valence-corrected chi connectivity index (χ4v) is 2.81. The summed E-state index contributed by atoms with van der Waals surface area (Å²) < 4.78 is 19.2. The third kappa shape index (κ3) is 3.27. The van der Waals surface area contributed by atoms with Crippen molar-refractivity contribution in [2.45, 2.75) is 19.9 Å². The lowest BCUT2D eigenvalue weighted by atomic mass is 10.1. The van der Waals surface area contributed by atoms with Crippen LogP contribution in [-0.4, -0.2) is 48.1 Å². The van der Waals surface area contributed by atoms with Gasteiger partial charge in [0.05, 0.1) is 13.2 Å². The standard InChI is InChI=1S/C17H20FN3O2/c1-11-10-15(13-4-3-5-14(18)16(13)19-11)20-12(2)17(22)21-6-8-23-9-7-21/h3-5,10,12H,6-9H2,1-2H3,(H,19,20). The highest BCUT2D eigenvalue weighted by Crippen LogP contribution is 2.25. The third-order valence-electron chi connectivity index (χ3n) is 3.98. The Morgan fingerprint density at radius 2 is 2.13 bits per heavy atom. The van der Waals surface area contributed by atoms with Gasteiger partial charge in [0.25, 0.3) is 0 Å². The fourth-order valence-electron chi connectivity index (χ4n) is 2.81. The molecule has 6 heteroatoms. The number of rotatable bonds is 3. The number of nitrogens with one attached hydrogen (secondary N) is 1. The van der Waals surface area contributed by atoms with E-state index in [1.165, 1.54) is 6.07 Å². The molecule has 23 heavy (non-hydrogen) atoms. The quantitative estimate of drug-likeness (QED) is 0.944. The van der Waals surface area contributed by atoms with E-state index in [4.69, 9.17) is 4.74 Å². The van der Waals surface area contributed by atoms with E-state index in [2.05, 4.69) is 10.3 Å². The highest BCUT2D eigenvalue weighted by atomic mass is 19.1. The van der Waals surface area contributed by atoms with Crippen LogP contribution in [0.5, 0.6) is 0 Å². The number of halogens is 1. The number of benzene rings is 1. The first-order valence-electron chi connectivity index (χ1n) is 7.75. The smallest absolute Gasteiger partial charge is 0.244 e. The van der Waals surface area contributed by atoms with Gasteiger partial charge in [-0.05, 0) is 26.0 Å². The number of carbonyl (C=O) groups is 1. The summed E-state index contributed by atoms with van der Waals surface area (Å²) in [6, 6.07) is 6.28. The largest absolute Gasteiger partial charge is 0.378 e. The summed E-state index contributed by atoms with van der Waals surface area (Å²) in [7, 11) is 0. The summed E-state index contributed by atoms with van der Waals surface area (Å²) in [4.78, 5) is 18.5. The third-order valence-corrected chi connectivity index (χ3v) is 3.98. The molecule has 1 fully saturated rings. The van der Waals surface area contributed by atoms with Crippen LogP contribution in [0, 0.1) is 12.7 Å². The highest BCUT2D eigenvalue weighted by molar-refractivity contribution is 5.94. The lowest BCUT2D eigenvalue weighted by Crippen LogP contribution is -2.47. The average molecular weight is 317 g/mol. The van der Waals surface area contributed by atoms with Crippen molar-refractivity contribution < 1.29 is 13.9 Å². The molecular weight excluding hydrogens is 297 g/mol. The van der Waals surface area contributed by atoms with E-state index in [-0.39, 0.29) is 11.7 Å². The second-order valence-corrected chi connectivity index (χ2v) is 5.75. The van der Waals surface area contributed by atoms with Crippen LogP contribution in [0.15, 0.2) is 24.3 Å². The Morgan fingerprint density at radius 3 is 2.87 bits per heavy atom. The molecule has 1 N–H and O–H groups in total. The van der Waals surface area contributed by atoms with Crippen LogP contribution in [0.3, 0.4) is 0 Å². The maximum atomic E-state index is 14.0. The second kappa shape index (κ2) is 6.50. The van der Waals surface area contributed by atoms with Gasteiger partial charge in [0.1, 0.15) is 17.4 Å². The topological polar surface area (TPSA) is 54.5 Å². The summed E-state index contributed by atoms with van der Waals surface area (Å²) in [5.74, 6) is -0.339. The minimum Gasteiger partial charge on any atom is -0.378 e. The molecule has 2 aromatic rings. The number of pyridine rings is 1. The van der Waals surface area contributed by atoms with E-state index in [0.29, 0.717) is 42.9 Å². The number of carbonyl (C=O) groups excluding carboxylic acids is 1. The predicted octanol–water partition coefficient (Wildman–Crippen LogP) is 2.34. The van der Waals surface area contributed by atoms with Crippen LogP contribution in [0.4, 0.5) is 10.1 Å². The van der Waals surface area contributed by atoms with Gasteiger partial charge in [0.15, 0.2) is 0 Å². The van der Waals surface area contributed by atoms with Crippen molar-refractivity contribution in [2.24, 2.45) is 0 Å². The maximum absolute atomic E-state index is 14.0. The van der Waals surface area contributed by atoms with Crippen molar-refractivity contribution in [3.8, 4) is 0 Å². The molecule has 0 bridgehead atoms. The number of amides is 1.